The van der Waals surface area contributed by atoms with Crippen LogP contribution in [0.25, 0.3) is 27.6 Å². The van der Waals surface area contributed by atoms with Gasteiger partial charge in [0.15, 0.2) is 5.65 Å². The summed E-state index contributed by atoms with van der Waals surface area (Å²) in [5, 5.41) is 11.0. The number of halogens is 1. The van der Waals surface area contributed by atoms with Crippen molar-refractivity contribution in [2.24, 2.45) is 0 Å². The zero-order chi connectivity index (χ0) is 24.1. The minimum atomic E-state index is -0.482. The molecule has 0 fully saturated rings. The van der Waals surface area contributed by atoms with Gasteiger partial charge in [-0.15, -0.1) is 0 Å². The minimum absolute atomic E-state index is 0.126. The Morgan fingerprint density at radius 3 is 2.89 bits per heavy atom. The Kier molecular flexibility index (Phi) is 4.87. The van der Waals surface area contributed by atoms with Gasteiger partial charge in [-0.25, -0.2) is 9.37 Å². The third-order valence-corrected chi connectivity index (χ3v) is 6.26. The smallest absolute Gasteiger partial charge is 0.267 e. The Bertz CT molecular complexity index is 1640. The topological polar surface area (TPSA) is 101 Å². The van der Waals surface area contributed by atoms with E-state index in [0.717, 1.165) is 11.4 Å². The number of hydrogen-bond acceptors (Lipinski definition) is 7. The Morgan fingerprint density at radius 1 is 1.17 bits per heavy atom. The number of aromatic nitrogens is 5. The van der Waals surface area contributed by atoms with Crippen LogP contribution in [0.15, 0.2) is 59.7 Å². The molecule has 4 heterocycles. The van der Waals surface area contributed by atoms with Crippen molar-refractivity contribution in [1.82, 2.24) is 24.7 Å². The van der Waals surface area contributed by atoms with Crippen LogP contribution < -0.4 is 20.5 Å². The van der Waals surface area contributed by atoms with E-state index in [0.29, 0.717) is 40.9 Å². The first-order valence-corrected chi connectivity index (χ1v) is 11.2. The first-order valence-electron chi connectivity index (χ1n) is 11.2. The lowest BCUT2D eigenvalue weighted by Crippen LogP contribution is -2.41. The lowest BCUT2D eigenvalue weighted by atomic mass is 10.2. The number of hydrogen-bond donors (Lipinski definition) is 2. The summed E-state index contributed by atoms with van der Waals surface area (Å²) in [7, 11) is 2.02. The van der Waals surface area contributed by atoms with Crippen molar-refractivity contribution < 1.29 is 9.13 Å². The Morgan fingerprint density at radius 2 is 2.00 bits per heavy atom. The Labute approximate surface area is 199 Å². The molecule has 1 atom stereocenters. The highest BCUT2D eigenvalue weighted by Crippen LogP contribution is 2.32. The average Bonchev–Trinajstić information content (AvgIpc) is 3.36. The number of para-hydroxylation sites is 2. The molecular weight excluding hydrogens is 449 g/mol. The molecule has 5 aromatic rings. The van der Waals surface area contributed by atoms with Crippen LogP contribution in [-0.4, -0.2) is 51.0 Å². The minimum Gasteiger partial charge on any atom is -0.485 e. The van der Waals surface area contributed by atoms with Gasteiger partial charge in [-0.1, -0.05) is 24.3 Å². The average molecular weight is 471 g/mol. The molecule has 0 bridgehead atoms. The normalized spacial score (nSPS) is 15.3. The number of nitrogens with one attached hydrogen (secondary N) is 2. The molecule has 6 rings (SSSR count). The van der Waals surface area contributed by atoms with Crippen LogP contribution in [0.1, 0.15) is 5.56 Å². The van der Waals surface area contributed by atoms with Crippen molar-refractivity contribution in [2.45, 2.75) is 13.0 Å². The van der Waals surface area contributed by atoms with Crippen molar-refractivity contribution in [1.29, 1.82) is 0 Å². The van der Waals surface area contributed by atoms with Gasteiger partial charge >= 0.3 is 0 Å². The van der Waals surface area contributed by atoms with E-state index >= 15 is 4.39 Å². The lowest BCUT2D eigenvalue weighted by molar-refractivity contribution is 0.208. The number of benzene rings is 2. The number of nitrogens with zero attached hydrogens (tertiary/aromatic N) is 5. The van der Waals surface area contributed by atoms with Gasteiger partial charge in [-0.05, 0) is 30.7 Å². The molecule has 0 radical (unpaired) electrons. The zero-order valence-electron chi connectivity index (χ0n) is 19.1. The molecule has 2 N–H and O–H groups in total. The molecule has 0 spiro atoms. The van der Waals surface area contributed by atoms with E-state index in [1.807, 2.05) is 31.3 Å². The molecule has 9 nitrogen and oxygen atoms in total. The van der Waals surface area contributed by atoms with Gasteiger partial charge in [-0.2, -0.15) is 10.1 Å². The summed E-state index contributed by atoms with van der Waals surface area (Å²) in [5.74, 6) is 0.639. The van der Waals surface area contributed by atoms with Crippen molar-refractivity contribution in [3.05, 3.63) is 76.6 Å². The molecule has 0 saturated heterocycles. The highest BCUT2D eigenvalue weighted by molar-refractivity contribution is 6.02. The van der Waals surface area contributed by atoms with E-state index < -0.39 is 11.4 Å². The molecule has 0 saturated carbocycles. The molecule has 176 valence electrons. The van der Waals surface area contributed by atoms with Gasteiger partial charge < -0.3 is 15.0 Å². The van der Waals surface area contributed by atoms with Crippen molar-refractivity contribution in [2.75, 3.05) is 30.4 Å². The predicted octanol–water partition coefficient (Wildman–Crippen LogP) is 3.41. The molecule has 3 aromatic heterocycles. The van der Waals surface area contributed by atoms with Crippen LogP contribution in [-0.2, 0) is 0 Å². The maximum Gasteiger partial charge on any atom is 0.267 e. The second kappa shape index (κ2) is 8.08. The Balaban J connectivity index is 1.40. The number of pyridine rings is 1. The largest absolute Gasteiger partial charge is 0.485 e. The van der Waals surface area contributed by atoms with Gasteiger partial charge in [0.25, 0.3) is 5.56 Å². The SMILES string of the molecule is Cc1cccc(-n2c(=O)c3c[nH]nc3c3cnc(NCC4CN(C)c5ccccc5O4)nc32)c1F. The highest BCUT2D eigenvalue weighted by atomic mass is 19.1. The molecule has 1 aliphatic heterocycles. The molecule has 35 heavy (non-hydrogen) atoms. The monoisotopic (exact) mass is 471 g/mol. The van der Waals surface area contributed by atoms with Crippen LogP contribution in [0.2, 0.25) is 0 Å². The third kappa shape index (κ3) is 3.45. The van der Waals surface area contributed by atoms with Gasteiger partial charge in [-0.3, -0.25) is 14.5 Å². The fourth-order valence-corrected chi connectivity index (χ4v) is 4.50. The fourth-order valence-electron chi connectivity index (χ4n) is 4.50. The number of ether oxygens (including phenoxy) is 1. The van der Waals surface area contributed by atoms with Crippen molar-refractivity contribution in [3.63, 3.8) is 0 Å². The molecule has 1 aliphatic rings. The van der Waals surface area contributed by atoms with Crippen LogP contribution >= 0.6 is 0 Å². The first kappa shape index (κ1) is 21.1. The Hall–Kier alpha value is -4.47. The fraction of sp³-hybridized carbons (Fsp3) is 0.200. The van der Waals surface area contributed by atoms with E-state index in [1.165, 1.54) is 10.8 Å². The number of aryl methyl sites for hydroxylation is 1. The molecule has 1 unspecified atom stereocenters. The number of likely N-dealkylation sites (N-methyl/N-ethyl adjacent to an activating group) is 1. The van der Waals surface area contributed by atoms with Crippen molar-refractivity contribution in [3.8, 4) is 11.4 Å². The van der Waals surface area contributed by atoms with Crippen LogP contribution in [0.4, 0.5) is 16.0 Å². The second-order valence-electron chi connectivity index (χ2n) is 8.60. The highest BCUT2D eigenvalue weighted by Gasteiger charge is 2.24. The summed E-state index contributed by atoms with van der Waals surface area (Å²) < 4.78 is 22.5. The van der Waals surface area contributed by atoms with E-state index in [9.17, 15) is 4.79 Å². The maximum atomic E-state index is 15.1. The van der Waals surface area contributed by atoms with Crippen LogP contribution in [0.5, 0.6) is 5.75 Å². The zero-order valence-corrected chi connectivity index (χ0v) is 19.1. The summed E-state index contributed by atoms with van der Waals surface area (Å²) in [4.78, 5) is 24.6. The summed E-state index contributed by atoms with van der Waals surface area (Å²) >= 11 is 0. The number of H-pyrrole nitrogens is 1. The van der Waals surface area contributed by atoms with E-state index in [4.69, 9.17) is 4.74 Å². The van der Waals surface area contributed by atoms with E-state index in [2.05, 4.69) is 30.4 Å². The predicted molar refractivity (Wildman–Crippen MR) is 132 cm³/mol. The number of fused-ring (bicyclic) bond motifs is 4. The second-order valence-corrected chi connectivity index (χ2v) is 8.60. The molecule has 0 amide bonds. The van der Waals surface area contributed by atoms with Crippen LogP contribution in [0.3, 0.4) is 0 Å². The van der Waals surface area contributed by atoms with Gasteiger partial charge in [0, 0.05) is 19.4 Å². The number of rotatable bonds is 4. The van der Waals surface area contributed by atoms with Gasteiger partial charge in [0.05, 0.1) is 35.2 Å². The number of anilines is 2. The molecule has 0 aliphatic carbocycles. The first-order chi connectivity index (χ1) is 17.0. The molecule has 10 heteroatoms. The van der Waals surface area contributed by atoms with Gasteiger partial charge in [0.2, 0.25) is 5.95 Å². The third-order valence-electron chi connectivity index (χ3n) is 6.26. The summed E-state index contributed by atoms with van der Waals surface area (Å²) in [5.41, 5.74) is 1.89. The summed E-state index contributed by atoms with van der Waals surface area (Å²) in [6.45, 7) is 2.78. The number of aromatic amines is 1. The lowest BCUT2D eigenvalue weighted by Gasteiger charge is -2.33. The maximum absolute atomic E-state index is 15.1. The quantitative estimate of drug-likeness (QED) is 0.414. The molecule has 2 aromatic carbocycles. The van der Waals surface area contributed by atoms with E-state index in [-0.39, 0.29) is 17.4 Å². The summed E-state index contributed by atoms with van der Waals surface area (Å²) in [6.07, 6.45) is 2.96. The molecular formula is C25H22FN7O2. The van der Waals surface area contributed by atoms with Crippen LogP contribution in [0, 0.1) is 12.7 Å². The van der Waals surface area contributed by atoms with Gasteiger partial charge in [0.1, 0.15) is 23.2 Å². The van der Waals surface area contributed by atoms with Crippen molar-refractivity contribution >= 4 is 33.6 Å². The standard InChI is InChI=1S/C25H22FN7O2/c1-14-6-5-8-19(21(14)26)33-23-16(22-17(24(33)34)12-29-31-22)11-28-25(30-23)27-10-15-13-32(2)18-7-3-4-9-20(18)35-15/h3-9,11-12,15H,10,13H2,1-2H3,(H,29,31)(H,27,28,30). The van der Waals surface area contributed by atoms with E-state index in [1.54, 1.807) is 31.3 Å². The summed E-state index contributed by atoms with van der Waals surface area (Å²) in [6, 6.07) is 12.8.